The average molecular weight is 228 g/mol. The number of hydrogen-bond donors (Lipinski definition) is 1. The number of hydrogen-bond acceptors (Lipinski definition) is 3. The zero-order valence-electron chi connectivity index (χ0n) is 9.71. The predicted octanol–water partition coefficient (Wildman–Crippen LogP) is 1.77. The SMILES string of the molecule is c1cnn(-c2cc(CNCC3CC3)ccn2)c1. The Morgan fingerprint density at radius 2 is 2.29 bits per heavy atom. The fourth-order valence-electron chi connectivity index (χ4n) is 1.84. The van der Waals surface area contributed by atoms with E-state index in [1.807, 2.05) is 24.5 Å². The molecule has 0 radical (unpaired) electrons. The van der Waals surface area contributed by atoms with E-state index in [1.165, 1.54) is 18.4 Å². The van der Waals surface area contributed by atoms with Crippen LogP contribution in [-0.4, -0.2) is 21.3 Å². The zero-order valence-corrected chi connectivity index (χ0v) is 9.71. The molecule has 1 N–H and O–H groups in total. The fourth-order valence-corrected chi connectivity index (χ4v) is 1.84. The van der Waals surface area contributed by atoms with Crippen LogP contribution >= 0.6 is 0 Å². The second-order valence-corrected chi connectivity index (χ2v) is 4.55. The van der Waals surface area contributed by atoms with E-state index in [2.05, 4.69) is 21.5 Å². The molecule has 17 heavy (non-hydrogen) atoms. The Kier molecular flexibility index (Phi) is 2.88. The number of aromatic nitrogens is 3. The summed E-state index contributed by atoms with van der Waals surface area (Å²) >= 11 is 0. The molecule has 2 aromatic heterocycles. The molecule has 0 unspecified atom stereocenters. The molecule has 3 rings (SSSR count). The van der Waals surface area contributed by atoms with E-state index >= 15 is 0 Å². The highest BCUT2D eigenvalue weighted by molar-refractivity contribution is 5.26. The first-order chi connectivity index (χ1) is 8.42. The smallest absolute Gasteiger partial charge is 0.153 e. The molecule has 0 aromatic carbocycles. The third kappa shape index (κ3) is 2.71. The summed E-state index contributed by atoms with van der Waals surface area (Å²) in [7, 11) is 0. The van der Waals surface area contributed by atoms with Crippen molar-refractivity contribution >= 4 is 0 Å². The first-order valence-corrected chi connectivity index (χ1v) is 6.07. The molecule has 88 valence electrons. The van der Waals surface area contributed by atoms with Crippen LogP contribution in [0.25, 0.3) is 5.82 Å². The van der Waals surface area contributed by atoms with E-state index in [0.29, 0.717) is 0 Å². The Hall–Kier alpha value is -1.68. The van der Waals surface area contributed by atoms with Gasteiger partial charge in [0.25, 0.3) is 0 Å². The van der Waals surface area contributed by atoms with Gasteiger partial charge >= 0.3 is 0 Å². The lowest BCUT2D eigenvalue weighted by molar-refractivity contribution is 0.637. The van der Waals surface area contributed by atoms with E-state index < -0.39 is 0 Å². The van der Waals surface area contributed by atoms with Gasteiger partial charge in [-0.2, -0.15) is 5.10 Å². The summed E-state index contributed by atoms with van der Waals surface area (Å²) in [6.07, 6.45) is 8.29. The van der Waals surface area contributed by atoms with Crippen molar-refractivity contribution in [1.29, 1.82) is 0 Å². The van der Waals surface area contributed by atoms with E-state index in [-0.39, 0.29) is 0 Å². The standard InChI is InChI=1S/C13H16N4/c1-5-16-17(7-1)13-8-12(4-6-15-13)10-14-9-11-2-3-11/h1,4-8,11,14H,2-3,9-10H2. The van der Waals surface area contributed by atoms with Gasteiger partial charge in [0.15, 0.2) is 5.82 Å². The van der Waals surface area contributed by atoms with E-state index in [4.69, 9.17) is 0 Å². The summed E-state index contributed by atoms with van der Waals surface area (Å²) in [6.45, 7) is 2.05. The Bertz CT molecular complexity index is 474. The maximum absolute atomic E-state index is 4.31. The Balaban J connectivity index is 1.65. The summed E-state index contributed by atoms with van der Waals surface area (Å²) in [4.78, 5) is 4.31. The predicted molar refractivity (Wildman–Crippen MR) is 65.8 cm³/mol. The summed E-state index contributed by atoms with van der Waals surface area (Å²) in [6, 6.07) is 6.03. The highest BCUT2D eigenvalue weighted by Crippen LogP contribution is 2.27. The molecule has 1 aliphatic carbocycles. The molecule has 0 amide bonds. The molecule has 1 saturated carbocycles. The number of rotatable bonds is 5. The van der Waals surface area contributed by atoms with E-state index in [1.54, 1.807) is 10.9 Å². The monoisotopic (exact) mass is 228 g/mol. The lowest BCUT2D eigenvalue weighted by Crippen LogP contribution is -2.16. The molecule has 2 heterocycles. The molecule has 0 spiro atoms. The Labute approximate surface area is 101 Å². The molecule has 1 fully saturated rings. The molecular weight excluding hydrogens is 212 g/mol. The molecule has 2 aromatic rings. The molecule has 0 saturated heterocycles. The summed E-state index contributed by atoms with van der Waals surface area (Å²) in [5.41, 5.74) is 1.26. The van der Waals surface area contributed by atoms with Gasteiger partial charge in [-0.25, -0.2) is 9.67 Å². The van der Waals surface area contributed by atoms with Gasteiger partial charge in [0.05, 0.1) is 0 Å². The second-order valence-electron chi connectivity index (χ2n) is 4.55. The number of pyridine rings is 1. The van der Waals surface area contributed by atoms with E-state index in [0.717, 1.165) is 24.8 Å². The topological polar surface area (TPSA) is 42.7 Å². The number of nitrogens with one attached hydrogen (secondary N) is 1. The molecule has 0 aliphatic heterocycles. The lowest BCUT2D eigenvalue weighted by atomic mass is 10.2. The van der Waals surface area contributed by atoms with Crippen LogP contribution in [0.2, 0.25) is 0 Å². The lowest BCUT2D eigenvalue weighted by Gasteiger charge is -2.06. The maximum Gasteiger partial charge on any atom is 0.153 e. The van der Waals surface area contributed by atoms with Gasteiger partial charge in [-0.3, -0.25) is 0 Å². The van der Waals surface area contributed by atoms with Crippen LogP contribution in [0.4, 0.5) is 0 Å². The molecular formula is C13H16N4. The minimum absolute atomic E-state index is 0.876. The highest BCUT2D eigenvalue weighted by Gasteiger charge is 2.20. The van der Waals surface area contributed by atoms with Gasteiger partial charge in [0.2, 0.25) is 0 Å². The van der Waals surface area contributed by atoms with Crippen LogP contribution in [-0.2, 0) is 6.54 Å². The summed E-state index contributed by atoms with van der Waals surface area (Å²) < 4.78 is 1.78. The van der Waals surface area contributed by atoms with Crippen LogP contribution in [0.1, 0.15) is 18.4 Å². The normalized spacial score (nSPS) is 15.1. The van der Waals surface area contributed by atoms with Crippen molar-refractivity contribution < 1.29 is 0 Å². The van der Waals surface area contributed by atoms with Gasteiger partial charge in [0.1, 0.15) is 0 Å². The van der Waals surface area contributed by atoms with Crippen molar-refractivity contribution in [3.63, 3.8) is 0 Å². The van der Waals surface area contributed by atoms with Gasteiger partial charge in [-0.15, -0.1) is 0 Å². The van der Waals surface area contributed by atoms with Gasteiger partial charge in [-0.1, -0.05) is 0 Å². The molecule has 4 nitrogen and oxygen atoms in total. The van der Waals surface area contributed by atoms with Crippen molar-refractivity contribution in [2.45, 2.75) is 19.4 Å². The highest BCUT2D eigenvalue weighted by atomic mass is 15.3. The van der Waals surface area contributed by atoms with Crippen molar-refractivity contribution in [3.05, 3.63) is 42.4 Å². The minimum Gasteiger partial charge on any atom is -0.312 e. The van der Waals surface area contributed by atoms with Crippen LogP contribution in [0.15, 0.2) is 36.8 Å². The zero-order chi connectivity index (χ0) is 11.5. The third-order valence-electron chi connectivity index (χ3n) is 3.01. The molecule has 0 atom stereocenters. The van der Waals surface area contributed by atoms with Crippen LogP contribution in [0.3, 0.4) is 0 Å². The number of nitrogens with zero attached hydrogens (tertiary/aromatic N) is 3. The quantitative estimate of drug-likeness (QED) is 0.848. The summed E-state index contributed by atoms with van der Waals surface area (Å²) in [5, 5.41) is 7.66. The minimum atomic E-state index is 0.876. The van der Waals surface area contributed by atoms with Gasteiger partial charge in [-0.05, 0) is 49.1 Å². The fraction of sp³-hybridized carbons (Fsp3) is 0.385. The maximum atomic E-state index is 4.31. The molecule has 4 heteroatoms. The van der Waals surface area contributed by atoms with Crippen molar-refractivity contribution in [2.24, 2.45) is 5.92 Å². The first kappa shape index (κ1) is 10.5. The summed E-state index contributed by atoms with van der Waals surface area (Å²) in [5.74, 6) is 1.79. The third-order valence-corrected chi connectivity index (χ3v) is 3.01. The van der Waals surface area contributed by atoms with Gasteiger partial charge < -0.3 is 5.32 Å². The van der Waals surface area contributed by atoms with E-state index in [9.17, 15) is 0 Å². The van der Waals surface area contributed by atoms with Gasteiger partial charge in [0, 0.05) is 25.1 Å². The molecule has 1 aliphatic rings. The van der Waals surface area contributed by atoms with Crippen LogP contribution in [0, 0.1) is 5.92 Å². The van der Waals surface area contributed by atoms with Crippen LogP contribution < -0.4 is 5.32 Å². The first-order valence-electron chi connectivity index (χ1n) is 6.07. The van der Waals surface area contributed by atoms with Crippen molar-refractivity contribution in [1.82, 2.24) is 20.1 Å². The Morgan fingerprint density at radius 1 is 1.35 bits per heavy atom. The average Bonchev–Trinajstić information content (AvgIpc) is 3.02. The van der Waals surface area contributed by atoms with Crippen molar-refractivity contribution in [2.75, 3.05) is 6.54 Å². The van der Waals surface area contributed by atoms with Crippen molar-refractivity contribution in [3.8, 4) is 5.82 Å². The molecule has 0 bridgehead atoms. The van der Waals surface area contributed by atoms with Crippen LogP contribution in [0.5, 0.6) is 0 Å². The largest absolute Gasteiger partial charge is 0.312 e. The second kappa shape index (κ2) is 4.67. The Morgan fingerprint density at radius 3 is 3.06 bits per heavy atom.